The van der Waals surface area contributed by atoms with Crippen LogP contribution in [0.4, 0.5) is 8.78 Å². The molecule has 3 aliphatic heterocycles. The lowest BCUT2D eigenvalue weighted by Gasteiger charge is -2.40. The number of amides is 2. The summed E-state index contributed by atoms with van der Waals surface area (Å²) in [5.41, 5.74) is 0. The van der Waals surface area contributed by atoms with Crippen LogP contribution in [0.5, 0.6) is 0 Å². The van der Waals surface area contributed by atoms with Gasteiger partial charge in [-0.25, -0.2) is 8.78 Å². The first-order valence-electron chi connectivity index (χ1n) is 12.7. The van der Waals surface area contributed by atoms with Gasteiger partial charge in [0.25, 0.3) is 0 Å². The third-order valence-electron chi connectivity index (χ3n) is 9.12. The van der Waals surface area contributed by atoms with E-state index in [1.54, 1.807) is 6.92 Å². The Kier molecular flexibility index (Phi) is 6.20. The maximum absolute atomic E-state index is 14.7. The van der Waals surface area contributed by atoms with Gasteiger partial charge in [0.05, 0.1) is 6.04 Å². The molecule has 0 spiro atoms. The van der Waals surface area contributed by atoms with Crippen molar-refractivity contribution in [3.05, 3.63) is 0 Å². The summed E-state index contributed by atoms with van der Waals surface area (Å²) < 4.78 is 29.2. The van der Waals surface area contributed by atoms with Gasteiger partial charge in [0, 0.05) is 56.1 Å². The molecule has 2 N–H and O–H groups in total. The van der Waals surface area contributed by atoms with Gasteiger partial charge in [-0.3, -0.25) is 14.5 Å². The maximum Gasteiger partial charge on any atom is 0.237 e. The van der Waals surface area contributed by atoms with E-state index < -0.39 is 12.3 Å². The lowest BCUT2D eigenvalue weighted by molar-refractivity contribution is -0.129. The summed E-state index contributed by atoms with van der Waals surface area (Å²) in [6, 6.07) is 0.160. The number of carbonyl (C=O) groups is 2. The Morgan fingerprint density at radius 1 is 0.969 bits per heavy atom. The number of hydrogen-bond donors (Lipinski definition) is 2. The molecule has 0 aromatic carbocycles. The molecular formula is C24H38F2N4O2. The lowest BCUT2D eigenvalue weighted by Crippen LogP contribution is -2.53. The van der Waals surface area contributed by atoms with E-state index in [1.165, 1.54) is 0 Å². The van der Waals surface area contributed by atoms with Crippen LogP contribution in [0, 0.1) is 11.8 Å². The molecule has 2 aliphatic carbocycles. The summed E-state index contributed by atoms with van der Waals surface area (Å²) in [5.74, 6) is 0.323. The molecular weight excluding hydrogens is 414 g/mol. The highest BCUT2D eigenvalue weighted by molar-refractivity contribution is 5.82. The predicted molar refractivity (Wildman–Crippen MR) is 117 cm³/mol. The molecule has 0 radical (unpaired) electrons. The first-order valence-corrected chi connectivity index (χ1v) is 12.7. The van der Waals surface area contributed by atoms with E-state index >= 15 is 0 Å². The first kappa shape index (κ1) is 22.5. The predicted octanol–water partition coefficient (Wildman–Crippen LogP) is 2.17. The summed E-state index contributed by atoms with van der Waals surface area (Å²) >= 11 is 0. The maximum atomic E-state index is 14.7. The molecule has 0 aromatic heterocycles. The van der Waals surface area contributed by atoms with Crippen molar-refractivity contribution in [1.29, 1.82) is 0 Å². The van der Waals surface area contributed by atoms with Gasteiger partial charge in [0.1, 0.15) is 12.3 Å². The summed E-state index contributed by atoms with van der Waals surface area (Å²) in [6.07, 6.45) is 3.72. The van der Waals surface area contributed by atoms with Crippen molar-refractivity contribution in [2.75, 3.05) is 13.1 Å². The van der Waals surface area contributed by atoms with E-state index in [4.69, 9.17) is 0 Å². The Balaban J connectivity index is 1.19. The van der Waals surface area contributed by atoms with Crippen LogP contribution in [0.15, 0.2) is 0 Å². The van der Waals surface area contributed by atoms with Crippen LogP contribution in [0.3, 0.4) is 0 Å². The van der Waals surface area contributed by atoms with Crippen molar-refractivity contribution in [3.8, 4) is 0 Å². The highest BCUT2D eigenvalue weighted by atomic mass is 19.1. The molecule has 32 heavy (non-hydrogen) atoms. The van der Waals surface area contributed by atoms with E-state index in [0.717, 1.165) is 38.8 Å². The third-order valence-corrected chi connectivity index (χ3v) is 9.12. The van der Waals surface area contributed by atoms with Crippen LogP contribution < -0.4 is 10.6 Å². The standard InChI is InChI=1S/C24H38F2N4O2/c1-13-3-4-19(26)18-12-20(28-23(13)18)24(32)27-16-9-15(25)10-17(11-16)30-8-6-21-22(30)5-7-29(21)14(2)31/h13,15-23,28H,3-12H2,1-2H3,(H,27,32)/t13?,15?,16?,17?,18?,19?,20?,21-,22-,23?/m0/s1. The fraction of sp³-hybridized carbons (Fsp3) is 0.917. The Hall–Kier alpha value is -1.28. The van der Waals surface area contributed by atoms with Crippen molar-refractivity contribution in [3.63, 3.8) is 0 Å². The number of nitrogens with zero attached hydrogens (tertiary/aromatic N) is 2. The van der Waals surface area contributed by atoms with Gasteiger partial charge < -0.3 is 15.5 Å². The zero-order valence-corrected chi connectivity index (χ0v) is 19.3. The highest BCUT2D eigenvalue weighted by Gasteiger charge is 2.49. The SMILES string of the molecule is CC(=O)N1CC[C@H]2[C@@H]1CCN2C1CC(F)CC(NC(=O)C2CC3C(F)CCC(C)C3N2)C1. The number of likely N-dealkylation sites (tertiary alicyclic amines) is 2. The summed E-state index contributed by atoms with van der Waals surface area (Å²) in [4.78, 5) is 29.3. The van der Waals surface area contributed by atoms with Crippen molar-refractivity contribution in [1.82, 2.24) is 20.4 Å². The monoisotopic (exact) mass is 452 g/mol. The van der Waals surface area contributed by atoms with Gasteiger partial charge in [0.15, 0.2) is 0 Å². The molecule has 3 heterocycles. The van der Waals surface area contributed by atoms with E-state index in [9.17, 15) is 18.4 Å². The van der Waals surface area contributed by atoms with Gasteiger partial charge >= 0.3 is 0 Å². The average Bonchev–Trinajstić information content (AvgIpc) is 3.44. The first-order chi connectivity index (χ1) is 15.3. The normalized spacial score (nSPS) is 46.7. The summed E-state index contributed by atoms with van der Waals surface area (Å²) in [7, 11) is 0. The van der Waals surface area contributed by atoms with Crippen LogP contribution in [-0.2, 0) is 9.59 Å². The summed E-state index contributed by atoms with van der Waals surface area (Å²) in [5, 5.41) is 6.51. The molecule has 5 fully saturated rings. The van der Waals surface area contributed by atoms with Gasteiger partial charge in [-0.1, -0.05) is 6.92 Å². The number of rotatable bonds is 3. The molecule has 5 aliphatic rings. The highest BCUT2D eigenvalue weighted by Crippen LogP contribution is 2.39. The molecule has 5 rings (SSSR count). The second-order valence-corrected chi connectivity index (χ2v) is 11.0. The van der Waals surface area contributed by atoms with E-state index in [-0.39, 0.29) is 47.9 Å². The zero-order chi connectivity index (χ0) is 22.6. The Bertz CT molecular complexity index is 721. The number of carbonyl (C=O) groups excluding carboxylic acids is 2. The van der Waals surface area contributed by atoms with Crippen LogP contribution >= 0.6 is 0 Å². The number of fused-ring (bicyclic) bond motifs is 2. The Morgan fingerprint density at radius 3 is 2.50 bits per heavy atom. The molecule has 2 amide bonds. The van der Waals surface area contributed by atoms with Crippen molar-refractivity contribution in [2.45, 2.75) is 114 Å². The van der Waals surface area contributed by atoms with E-state index in [1.807, 2.05) is 4.90 Å². The van der Waals surface area contributed by atoms with E-state index in [0.29, 0.717) is 37.6 Å². The Morgan fingerprint density at radius 2 is 1.75 bits per heavy atom. The molecule has 6 nitrogen and oxygen atoms in total. The summed E-state index contributed by atoms with van der Waals surface area (Å²) in [6.45, 7) is 5.45. The molecule has 8 unspecified atom stereocenters. The van der Waals surface area contributed by atoms with Crippen LogP contribution in [-0.4, -0.2) is 83.3 Å². The number of nitrogens with one attached hydrogen (secondary N) is 2. The average molecular weight is 453 g/mol. The quantitative estimate of drug-likeness (QED) is 0.689. The number of hydrogen-bond acceptors (Lipinski definition) is 4. The minimum atomic E-state index is -0.933. The van der Waals surface area contributed by atoms with Crippen molar-refractivity contribution in [2.24, 2.45) is 11.8 Å². The molecule has 0 aromatic rings. The van der Waals surface area contributed by atoms with Crippen LogP contribution in [0.2, 0.25) is 0 Å². The minimum absolute atomic E-state index is 0.0654. The van der Waals surface area contributed by atoms with Crippen LogP contribution in [0.25, 0.3) is 0 Å². The zero-order valence-electron chi connectivity index (χ0n) is 19.3. The second kappa shape index (κ2) is 8.82. The fourth-order valence-corrected chi connectivity index (χ4v) is 7.58. The molecule has 2 saturated carbocycles. The fourth-order valence-electron chi connectivity index (χ4n) is 7.58. The molecule has 10 atom stereocenters. The van der Waals surface area contributed by atoms with Gasteiger partial charge in [-0.2, -0.15) is 0 Å². The number of alkyl halides is 2. The van der Waals surface area contributed by atoms with Crippen LogP contribution in [0.1, 0.15) is 65.2 Å². The van der Waals surface area contributed by atoms with E-state index in [2.05, 4.69) is 22.5 Å². The van der Waals surface area contributed by atoms with Crippen molar-refractivity contribution < 1.29 is 18.4 Å². The lowest BCUT2D eigenvalue weighted by atomic mass is 9.77. The molecule has 0 bridgehead atoms. The minimum Gasteiger partial charge on any atom is -0.352 e. The van der Waals surface area contributed by atoms with Gasteiger partial charge in [-0.05, 0) is 57.3 Å². The van der Waals surface area contributed by atoms with Gasteiger partial charge in [-0.15, -0.1) is 0 Å². The smallest absolute Gasteiger partial charge is 0.237 e. The largest absolute Gasteiger partial charge is 0.352 e. The van der Waals surface area contributed by atoms with Crippen molar-refractivity contribution >= 4 is 11.8 Å². The Labute approximate surface area is 189 Å². The third kappa shape index (κ3) is 4.06. The second-order valence-electron chi connectivity index (χ2n) is 11.0. The molecule has 8 heteroatoms. The number of halogens is 2. The topological polar surface area (TPSA) is 64.7 Å². The molecule has 180 valence electrons. The molecule has 3 saturated heterocycles. The van der Waals surface area contributed by atoms with Gasteiger partial charge in [0.2, 0.25) is 11.8 Å².